The summed E-state index contributed by atoms with van der Waals surface area (Å²) >= 11 is 0. The lowest BCUT2D eigenvalue weighted by Gasteiger charge is -2.22. The van der Waals surface area contributed by atoms with Crippen LogP contribution in [-0.4, -0.2) is 50.3 Å². The lowest BCUT2D eigenvalue weighted by Crippen LogP contribution is -2.41. The number of methoxy groups -OCH3 is 1. The highest BCUT2D eigenvalue weighted by atomic mass is 19.4. The molecular formula is C19H21F3N2O3. The summed E-state index contributed by atoms with van der Waals surface area (Å²) in [5.41, 5.74) is 0.437. The number of hydrogen-bond acceptors (Lipinski definition) is 4. The molecule has 2 aromatic rings. The smallest absolute Gasteiger partial charge is 0.401 e. The fourth-order valence-electron chi connectivity index (χ4n) is 2.35. The summed E-state index contributed by atoms with van der Waals surface area (Å²) in [6.07, 6.45) is -4.39. The second-order valence-corrected chi connectivity index (χ2v) is 5.81. The van der Waals surface area contributed by atoms with Gasteiger partial charge < -0.3 is 14.8 Å². The van der Waals surface area contributed by atoms with Crippen LogP contribution in [0.15, 0.2) is 54.6 Å². The van der Waals surface area contributed by atoms with Gasteiger partial charge in [0.2, 0.25) is 5.91 Å². The monoisotopic (exact) mass is 382 g/mol. The van der Waals surface area contributed by atoms with Crippen molar-refractivity contribution in [2.75, 3.05) is 38.7 Å². The number of amides is 1. The van der Waals surface area contributed by atoms with Crippen LogP contribution < -0.4 is 10.1 Å². The number of nitrogens with zero attached hydrogens (tertiary/aromatic N) is 1. The van der Waals surface area contributed by atoms with Crippen LogP contribution in [-0.2, 0) is 9.53 Å². The van der Waals surface area contributed by atoms with E-state index in [4.69, 9.17) is 9.47 Å². The summed E-state index contributed by atoms with van der Waals surface area (Å²) in [4.78, 5) is 13.1. The maximum absolute atomic E-state index is 12.6. The molecule has 0 saturated carbocycles. The number of ether oxygens (including phenoxy) is 2. The van der Waals surface area contributed by atoms with Gasteiger partial charge in [0.25, 0.3) is 0 Å². The molecule has 0 spiro atoms. The van der Waals surface area contributed by atoms with Crippen molar-refractivity contribution in [1.82, 2.24) is 4.90 Å². The largest absolute Gasteiger partial charge is 0.457 e. The van der Waals surface area contributed by atoms with Crippen LogP contribution in [0.3, 0.4) is 0 Å². The average Bonchev–Trinajstić information content (AvgIpc) is 2.59. The zero-order valence-electron chi connectivity index (χ0n) is 14.8. The number of para-hydroxylation sites is 1. The van der Waals surface area contributed by atoms with Crippen LogP contribution in [0.2, 0.25) is 0 Å². The zero-order chi connectivity index (χ0) is 19.7. The number of rotatable bonds is 9. The lowest BCUT2D eigenvalue weighted by molar-refractivity contribution is -0.149. The first-order valence-corrected chi connectivity index (χ1v) is 8.26. The Morgan fingerprint density at radius 3 is 2.44 bits per heavy atom. The Hall–Kier alpha value is -2.58. The molecule has 0 aliphatic heterocycles. The molecule has 0 saturated heterocycles. The summed E-state index contributed by atoms with van der Waals surface area (Å²) in [6, 6.07) is 15.7. The Morgan fingerprint density at radius 1 is 1.07 bits per heavy atom. The number of carbonyl (C=O) groups excluding carboxylic acids is 1. The first-order chi connectivity index (χ1) is 12.9. The molecule has 1 N–H and O–H groups in total. The van der Waals surface area contributed by atoms with E-state index in [9.17, 15) is 18.0 Å². The molecule has 2 aromatic carbocycles. The second kappa shape index (κ2) is 9.94. The fourth-order valence-corrected chi connectivity index (χ4v) is 2.35. The summed E-state index contributed by atoms with van der Waals surface area (Å²) in [6.45, 7) is -1.47. The van der Waals surface area contributed by atoms with Gasteiger partial charge in [-0.1, -0.05) is 24.3 Å². The van der Waals surface area contributed by atoms with E-state index in [0.29, 0.717) is 17.2 Å². The molecular weight excluding hydrogens is 361 g/mol. The van der Waals surface area contributed by atoms with Crippen molar-refractivity contribution in [3.8, 4) is 11.5 Å². The minimum Gasteiger partial charge on any atom is -0.457 e. The number of benzene rings is 2. The van der Waals surface area contributed by atoms with Crippen LogP contribution in [0.1, 0.15) is 0 Å². The molecule has 0 aliphatic carbocycles. The van der Waals surface area contributed by atoms with Crippen LogP contribution in [0.4, 0.5) is 18.9 Å². The molecule has 5 nitrogen and oxygen atoms in total. The molecule has 0 radical (unpaired) electrons. The van der Waals surface area contributed by atoms with E-state index in [1.165, 1.54) is 7.11 Å². The predicted molar refractivity (Wildman–Crippen MR) is 96.0 cm³/mol. The molecule has 0 atom stereocenters. The Bertz CT molecular complexity index is 724. The van der Waals surface area contributed by atoms with Gasteiger partial charge in [0.1, 0.15) is 11.5 Å². The van der Waals surface area contributed by atoms with Crippen molar-refractivity contribution >= 4 is 11.6 Å². The lowest BCUT2D eigenvalue weighted by atomic mass is 10.3. The minimum absolute atomic E-state index is 0.000583. The molecule has 1 amide bonds. The molecule has 0 aromatic heterocycles. The van der Waals surface area contributed by atoms with E-state index >= 15 is 0 Å². The topological polar surface area (TPSA) is 50.8 Å². The third-order valence-electron chi connectivity index (χ3n) is 3.48. The van der Waals surface area contributed by atoms with E-state index in [2.05, 4.69) is 5.32 Å². The maximum Gasteiger partial charge on any atom is 0.401 e. The van der Waals surface area contributed by atoms with Crippen molar-refractivity contribution < 1.29 is 27.4 Å². The predicted octanol–water partition coefficient (Wildman–Crippen LogP) is 3.93. The van der Waals surface area contributed by atoms with Crippen LogP contribution in [0.5, 0.6) is 11.5 Å². The number of carbonyl (C=O) groups is 1. The Kier molecular flexibility index (Phi) is 7.63. The van der Waals surface area contributed by atoms with E-state index < -0.39 is 25.2 Å². The summed E-state index contributed by atoms with van der Waals surface area (Å²) < 4.78 is 48.4. The first kappa shape index (κ1) is 20.7. The van der Waals surface area contributed by atoms with Gasteiger partial charge in [-0.15, -0.1) is 0 Å². The van der Waals surface area contributed by atoms with Gasteiger partial charge >= 0.3 is 6.18 Å². The molecule has 2 rings (SSSR count). The van der Waals surface area contributed by atoms with Gasteiger partial charge in [-0.2, -0.15) is 13.2 Å². The van der Waals surface area contributed by atoms with E-state index in [0.717, 1.165) is 4.90 Å². The maximum atomic E-state index is 12.6. The van der Waals surface area contributed by atoms with Gasteiger partial charge in [0.05, 0.1) is 19.7 Å². The fraction of sp³-hybridized carbons (Fsp3) is 0.316. The third kappa shape index (κ3) is 8.10. The molecule has 8 heteroatoms. The molecule has 0 fully saturated rings. The molecule has 27 heavy (non-hydrogen) atoms. The van der Waals surface area contributed by atoms with Crippen molar-refractivity contribution in [3.63, 3.8) is 0 Å². The minimum atomic E-state index is -4.39. The van der Waals surface area contributed by atoms with E-state index in [-0.39, 0.29) is 13.2 Å². The highest BCUT2D eigenvalue weighted by Gasteiger charge is 2.31. The molecule has 146 valence electrons. The number of alkyl halides is 3. The number of halogens is 3. The van der Waals surface area contributed by atoms with Gasteiger partial charge in [-0.3, -0.25) is 9.69 Å². The highest BCUT2D eigenvalue weighted by molar-refractivity contribution is 5.92. The average molecular weight is 382 g/mol. The van der Waals surface area contributed by atoms with Crippen molar-refractivity contribution in [2.24, 2.45) is 0 Å². The summed E-state index contributed by atoms with van der Waals surface area (Å²) in [5.74, 6) is 0.592. The first-order valence-electron chi connectivity index (χ1n) is 8.26. The zero-order valence-corrected chi connectivity index (χ0v) is 14.8. The third-order valence-corrected chi connectivity index (χ3v) is 3.48. The molecule has 0 unspecified atom stereocenters. The van der Waals surface area contributed by atoms with Gasteiger partial charge in [-0.05, 0) is 24.3 Å². The summed E-state index contributed by atoms with van der Waals surface area (Å²) in [7, 11) is 1.39. The van der Waals surface area contributed by atoms with E-state index in [1.807, 2.05) is 18.2 Å². The van der Waals surface area contributed by atoms with Crippen LogP contribution in [0, 0.1) is 0 Å². The second-order valence-electron chi connectivity index (χ2n) is 5.81. The van der Waals surface area contributed by atoms with Gasteiger partial charge in [0.15, 0.2) is 0 Å². The van der Waals surface area contributed by atoms with Crippen LogP contribution in [0.25, 0.3) is 0 Å². The van der Waals surface area contributed by atoms with E-state index in [1.54, 1.807) is 36.4 Å². The quantitative estimate of drug-likeness (QED) is 0.714. The Morgan fingerprint density at radius 2 is 1.78 bits per heavy atom. The molecule has 0 heterocycles. The number of anilines is 1. The molecule has 0 bridgehead atoms. The normalized spacial score (nSPS) is 11.4. The standard InChI is InChI=1S/C19H21F3N2O3/c1-26-11-10-24(14-19(20,21)22)13-18(25)23-15-6-5-9-17(12-15)27-16-7-3-2-4-8-16/h2-9,12H,10-11,13-14H2,1H3,(H,23,25). The molecule has 0 aliphatic rings. The SMILES string of the molecule is COCCN(CC(=O)Nc1cccc(Oc2ccccc2)c1)CC(F)(F)F. The number of hydrogen-bond donors (Lipinski definition) is 1. The number of nitrogens with one attached hydrogen (secondary N) is 1. The van der Waals surface area contributed by atoms with Crippen molar-refractivity contribution in [3.05, 3.63) is 54.6 Å². The van der Waals surface area contributed by atoms with Crippen molar-refractivity contribution in [2.45, 2.75) is 6.18 Å². The Balaban J connectivity index is 1.96. The van der Waals surface area contributed by atoms with Gasteiger partial charge in [-0.25, -0.2) is 0 Å². The summed E-state index contributed by atoms with van der Waals surface area (Å²) in [5, 5.41) is 2.59. The highest BCUT2D eigenvalue weighted by Crippen LogP contribution is 2.24. The van der Waals surface area contributed by atoms with Crippen molar-refractivity contribution in [1.29, 1.82) is 0 Å². The Labute approximate surface area is 155 Å². The van der Waals surface area contributed by atoms with Gasteiger partial charge in [0, 0.05) is 25.4 Å². The van der Waals surface area contributed by atoms with Crippen LogP contribution >= 0.6 is 0 Å².